The number of hydrogen-bond acceptors (Lipinski definition) is 2. The minimum absolute atomic E-state index is 0.0222. The Labute approximate surface area is 387 Å². The fourth-order valence-electron chi connectivity index (χ4n) is 10.9. The van der Waals surface area contributed by atoms with Gasteiger partial charge in [-0.1, -0.05) is 159 Å². The van der Waals surface area contributed by atoms with E-state index in [1.165, 1.54) is 87.5 Å². The summed E-state index contributed by atoms with van der Waals surface area (Å²) < 4.78 is 2.44. The predicted octanol–water partition coefficient (Wildman–Crippen LogP) is 16.9. The third-order valence-electron chi connectivity index (χ3n) is 14.6. The standard InChI is InChI=1S/C63H53N3/c1-61(2,3)43-23-26-58-54(32-43)55-33-44(62(4,5)6)24-27-59(55)66(58)45-29-40(38-16-10-9-11-17-38)28-41(30-45)60-64-36-42(37-65-60)39-22-25-48-50(31-39)46-18-12-13-19-47(46)51-34-53-49-20-14-15-21-56(49)63(7,8)57(53)35-52(48)51/h9-37H,1-8H3. The molecule has 0 amide bonds. The minimum atomic E-state index is -0.0751. The summed E-state index contributed by atoms with van der Waals surface area (Å²) in [5, 5.41) is 10.2. The average Bonchev–Trinajstić information content (AvgIpc) is 3.77. The van der Waals surface area contributed by atoms with Gasteiger partial charge < -0.3 is 4.57 Å². The molecule has 0 spiro atoms. The van der Waals surface area contributed by atoms with Crippen molar-refractivity contribution >= 4 is 54.1 Å². The Morgan fingerprint density at radius 3 is 1.59 bits per heavy atom. The maximum absolute atomic E-state index is 5.13. The SMILES string of the molecule is CC(C)(C)c1ccc2c(c1)c1cc(C(C)(C)C)ccc1n2-c1cc(-c2ccccc2)cc(-c2ncc(-c3ccc4c(c3)c3ccccc3c3cc5c(cc43)C(C)(C)c3ccccc3-5)cn2)c1. The Balaban J connectivity index is 0.995. The van der Waals surface area contributed by atoms with Crippen molar-refractivity contribution in [1.29, 1.82) is 0 Å². The van der Waals surface area contributed by atoms with Gasteiger partial charge in [-0.15, -0.1) is 0 Å². The van der Waals surface area contributed by atoms with Gasteiger partial charge in [0.1, 0.15) is 0 Å². The largest absolute Gasteiger partial charge is 0.309 e. The van der Waals surface area contributed by atoms with E-state index in [9.17, 15) is 0 Å². The Morgan fingerprint density at radius 1 is 0.379 bits per heavy atom. The first-order chi connectivity index (χ1) is 31.7. The van der Waals surface area contributed by atoms with Gasteiger partial charge in [0.15, 0.2) is 5.82 Å². The van der Waals surface area contributed by atoms with Crippen molar-refractivity contribution < 1.29 is 0 Å². The first-order valence-electron chi connectivity index (χ1n) is 23.4. The van der Waals surface area contributed by atoms with Gasteiger partial charge in [0.25, 0.3) is 0 Å². The predicted molar refractivity (Wildman–Crippen MR) is 280 cm³/mol. The van der Waals surface area contributed by atoms with Gasteiger partial charge in [0, 0.05) is 45.4 Å². The van der Waals surface area contributed by atoms with Crippen LogP contribution < -0.4 is 0 Å². The van der Waals surface area contributed by atoms with Crippen molar-refractivity contribution in [3.05, 3.63) is 198 Å². The lowest BCUT2D eigenvalue weighted by molar-refractivity contribution is 0.590. The summed E-state index contributed by atoms with van der Waals surface area (Å²) in [5.41, 5.74) is 16.9. The molecule has 66 heavy (non-hydrogen) atoms. The molecule has 2 heterocycles. The van der Waals surface area contributed by atoms with Crippen molar-refractivity contribution in [2.45, 2.75) is 71.6 Å². The fourth-order valence-corrected chi connectivity index (χ4v) is 10.9. The maximum atomic E-state index is 5.13. The minimum Gasteiger partial charge on any atom is -0.309 e. The van der Waals surface area contributed by atoms with Crippen LogP contribution in [0.5, 0.6) is 0 Å². The number of hydrogen-bond donors (Lipinski definition) is 0. The molecule has 0 saturated carbocycles. The molecule has 0 radical (unpaired) electrons. The van der Waals surface area contributed by atoms with Crippen LogP contribution in [0.1, 0.15) is 77.6 Å². The summed E-state index contributed by atoms with van der Waals surface area (Å²) in [6, 6.07) is 61.2. The monoisotopic (exact) mass is 851 g/mol. The topological polar surface area (TPSA) is 30.7 Å². The lowest BCUT2D eigenvalue weighted by Crippen LogP contribution is -2.14. The first-order valence-corrected chi connectivity index (χ1v) is 23.4. The molecule has 9 aromatic carbocycles. The van der Waals surface area contributed by atoms with Crippen LogP contribution in [-0.2, 0) is 16.2 Å². The highest BCUT2D eigenvalue weighted by atomic mass is 15.0. The summed E-state index contributed by atoms with van der Waals surface area (Å²) in [7, 11) is 0. The normalized spacial score (nSPS) is 13.6. The quantitative estimate of drug-likeness (QED) is 0.165. The van der Waals surface area contributed by atoms with Crippen LogP contribution in [0.25, 0.3) is 105 Å². The van der Waals surface area contributed by atoms with Crippen LogP contribution in [0.15, 0.2) is 176 Å². The van der Waals surface area contributed by atoms with Gasteiger partial charge >= 0.3 is 0 Å². The molecule has 11 aromatic rings. The molecule has 0 bridgehead atoms. The number of nitrogens with zero attached hydrogens (tertiary/aromatic N) is 3. The summed E-state index contributed by atoms with van der Waals surface area (Å²) in [5.74, 6) is 0.693. The second kappa shape index (κ2) is 14.3. The van der Waals surface area contributed by atoms with Crippen molar-refractivity contribution in [2.24, 2.45) is 0 Å². The van der Waals surface area contributed by atoms with Gasteiger partial charge in [-0.25, -0.2) is 9.97 Å². The van der Waals surface area contributed by atoms with E-state index in [0.717, 1.165) is 33.5 Å². The Hall–Kier alpha value is -7.36. The molecule has 0 fully saturated rings. The van der Waals surface area contributed by atoms with Gasteiger partial charge in [-0.05, 0) is 154 Å². The number of aromatic nitrogens is 3. The van der Waals surface area contributed by atoms with Crippen molar-refractivity contribution in [3.63, 3.8) is 0 Å². The Bertz CT molecular complexity index is 3710. The zero-order chi connectivity index (χ0) is 45.3. The molecule has 12 rings (SSSR count). The van der Waals surface area contributed by atoms with E-state index in [1.54, 1.807) is 0 Å². The van der Waals surface area contributed by atoms with E-state index in [-0.39, 0.29) is 16.2 Å². The van der Waals surface area contributed by atoms with E-state index >= 15 is 0 Å². The highest BCUT2D eigenvalue weighted by Gasteiger charge is 2.36. The van der Waals surface area contributed by atoms with Crippen LogP contribution in [0.3, 0.4) is 0 Å². The molecular weight excluding hydrogens is 799 g/mol. The molecule has 0 N–H and O–H groups in total. The molecular formula is C63H53N3. The zero-order valence-corrected chi connectivity index (χ0v) is 39.1. The first kappa shape index (κ1) is 40.2. The van der Waals surface area contributed by atoms with E-state index in [2.05, 4.69) is 224 Å². The van der Waals surface area contributed by atoms with Crippen molar-refractivity contribution in [1.82, 2.24) is 14.5 Å². The molecule has 3 heteroatoms. The van der Waals surface area contributed by atoms with E-state index in [0.29, 0.717) is 5.82 Å². The summed E-state index contributed by atoms with van der Waals surface area (Å²) in [4.78, 5) is 10.3. The average molecular weight is 852 g/mol. The summed E-state index contributed by atoms with van der Waals surface area (Å²) in [6.45, 7) is 18.5. The second-order valence-electron chi connectivity index (χ2n) is 21.1. The number of fused-ring (bicyclic) bond motifs is 12. The van der Waals surface area contributed by atoms with Crippen molar-refractivity contribution in [3.8, 4) is 50.5 Å². The molecule has 0 atom stereocenters. The fraction of sp³-hybridized carbons (Fsp3) is 0.175. The highest BCUT2D eigenvalue weighted by molar-refractivity contribution is 6.26. The molecule has 1 aliphatic rings. The highest BCUT2D eigenvalue weighted by Crippen LogP contribution is 2.51. The lowest BCUT2D eigenvalue weighted by Gasteiger charge is -2.22. The van der Waals surface area contributed by atoms with Crippen LogP contribution >= 0.6 is 0 Å². The summed E-state index contributed by atoms with van der Waals surface area (Å²) in [6.07, 6.45) is 3.99. The lowest BCUT2D eigenvalue weighted by atomic mass is 9.81. The third kappa shape index (κ3) is 6.24. The smallest absolute Gasteiger partial charge is 0.159 e. The van der Waals surface area contributed by atoms with Crippen LogP contribution in [0.2, 0.25) is 0 Å². The van der Waals surface area contributed by atoms with Crippen LogP contribution in [0.4, 0.5) is 0 Å². The van der Waals surface area contributed by atoms with E-state index in [4.69, 9.17) is 9.97 Å². The zero-order valence-electron chi connectivity index (χ0n) is 39.1. The molecule has 2 aromatic heterocycles. The van der Waals surface area contributed by atoms with Crippen LogP contribution in [-0.4, -0.2) is 14.5 Å². The van der Waals surface area contributed by atoms with Crippen LogP contribution in [0, 0.1) is 0 Å². The maximum Gasteiger partial charge on any atom is 0.159 e. The Morgan fingerprint density at radius 2 is 0.939 bits per heavy atom. The second-order valence-corrected chi connectivity index (χ2v) is 21.1. The molecule has 0 saturated heterocycles. The van der Waals surface area contributed by atoms with E-state index < -0.39 is 0 Å². The molecule has 0 unspecified atom stereocenters. The van der Waals surface area contributed by atoms with Gasteiger partial charge in [0.05, 0.1) is 11.0 Å². The van der Waals surface area contributed by atoms with Gasteiger partial charge in [-0.3, -0.25) is 0 Å². The Kier molecular flexibility index (Phi) is 8.72. The van der Waals surface area contributed by atoms with Crippen molar-refractivity contribution in [2.75, 3.05) is 0 Å². The number of benzene rings is 9. The molecule has 320 valence electrons. The van der Waals surface area contributed by atoms with Gasteiger partial charge in [-0.2, -0.15) is 0 Å². The third-order valence-corrected chi connectivity index (χ3v) is 14.6. The summed E-state index contributed by atoms with van der Waals surface area (Å²) >= 11 is 0. The van der Waals surface area contributed by atoms with E-state index in [1.807, 2.05) is 12.4 Å². The number of rotatable bonds is 4. The van der Waals surface area contributed by atoms with Gasteiger partial charge in [0.2, 0.25) is 0 Å². The molecule has 1 aliphatic carbocycles. The molecule has 3 nitrogen and oxygen atoms in total. The molecule has 0 aliphatic heterocycles.